The van der Waals surface area contributed by atoms with E-state index in [9.17, 15) is 0 Å². The van der Waals surface area contributed by atoms with Crippen molar-refractivity contribution in [1.29, 1.82) is 0 Å². The minimum Gasteiger partial charge on any atom is -0.454 e. The predicted octanol–water partition coefficient (Wildman–Crippen LogP) is 33.9. The highest BCUT2D eigenvalue weighted by Gasteiger charge is 2.27. The fourth-order valence-electron chi connectivity index (χ4n) is 22.8. The van der Waals surface area contributed by atoms with Gasteiger partial charge in [-0.05, 0) is 248 Å². The van der Waals surface area contributed by atoms with Gasteiger partial charge in [-0.2, -0.15) is 0 Å². The van der Waals surface area contributed by atoms with Crippen LogP contribution in [0.5, 0.6) is 0 Å². The van der Waals surface area contributed by atoms with Gasteiger partial charge in [-0.1, -0.05) is 291 Å². The zero-order chi connectivity index (χ0) is 86.8. The molecule has 29 aromatic rings. The lowest BCUT2D eigenvalue weighted by atomic mass is 9.93. The Kier molecular flexibility index (Phi) is 15.6. The first-order valence-corrected chi connectivity index (χ1v) is 45.8. The third-order valence-corrected chi connectivity index (χ3v) is 28.7. The highest BCUT2D eigenvalue weighted by Crippen LogP contribution is 2.50. The summed E-state index contributed by atoms with van der Waals surface area (Å²) >= 11 is 0. The Morgan fingerprint density at radius 2 is 0.474 bits per heavy atom. The van der Waals surface area contributed by atoms with Gasteiger partial charge in [0.1, 0.15) is 5.58 Å². The molecule has 0 saturated carbocycles. The molecule has 7 nitrogen and oxygen atoms in total. The van der Waals surface area contributed by atoms with Crippen molar-refractivity contribution in [3.05, 3.63) is 461 Å². The number of rotatable bonds is 12. The van der Waals surface area contributed by atoms with Crippen LogP contribution < -0.4 is 0 Å². The van der Waals surface area contributed by atoms with Crippen LogP contribution in [0.25, 0.3) is 275 Å². The summed E-state index contributed by atoms with van der Waals surface area (Å²) in [5.41, 5.74) is 39.0. The smallest absolute Gasteiger partial charge is 0.159 e. The van der Waals surface area contributed by atoms with E-state index in [1.165, 1.54) is 175 Å². The first kappa shape index (κ1) is 73.3. The van der Waals surface area contributed by atoms with Crippen LogP contribution in [0.2, 0.25) is 0 Å². The van der Waals surface area contributed by atoms with Crippen molar-refractivity contribution in [3.8, 4) is 106 Å². The van der Waals surface area contributed by atoms with Crippen molar-refractivity contribution in [2.45, 2.75) is 0 Å². The van der Waals surface area contributed by atoms with Gasteiger partial charge in [0.05, 0.1) is 77.4 Å². The number of hydrogen-bond donors (Lipinski definition) is 0. The van der Waals surface area contributed by atoms with Crippen LogP contribution in [0.15, 0.2) is 465 Å². The number of benzene rings is 21. The third-order valence-electron chi connectivity index (χ3n) is 28.7. The molecule has 0 amide bonds. The first-order valence-electron chi connectivity index (χ1n) is 45.8. The number of furan rings is 1. The van der Waals surface area contributed by atoms with Gasteiger partial charge in [0.25, 0.3) is 0 Å². The molecule has 29 rings (SSSR count). The van der Waals surface area contributed by atoms with Crippen LogP contribution in [-0.2, 0) is 0 Å². The van der Waals surface area contributed by atoms with Crippen LogP contribution in [-0.4, -0.2) is 27.2 Å². The molecule has 133 heavy (non-hydrogen) atoms. The SMILES string of the molecule is c1ccc(-c2cccc(-n3c4ccccc4c4cc(-c5cc6c7ccccc7n7c8ccc(-c9ccccc9-c9cccc(-n%10c%11ccccc%11c%11cc(-c%12ccc%13c(c%12)c%12ccccc%12n%13-c%12ccc(-c%13ccc(-c%14cccc%15c%14c%14ccccc%14n%15-c%14cccc%15c%14oc%14ccc(-n%16c%17ccccc%17c%17ccccc%17%16)cc%14%15)cc%13)cc%12)ccc%11%10)c9)cc8c(c5)c67)ccc43)c2)cc1. The van der Waals surface area contributed by atoms with Crippen LogP contribution in [0.4, 0.5) is 0 Å². The van der Waals surface area contributed by atoms with Crippen molar-refractivity contribution in [1.82, 2.24) is 27.2 Å². The molecule has 616 valence electrons. The zero-order valence-corrected chi connectivity index (χ0v) is 72.0. The first-order chi connectivity index (χ1) is 66.0. The molecule has 0 aliphatic rings. The van der Waals surface area contributed by atoms with E-state index in [4.69, 9.17) is 4.42 Å². The number of aromatic nitrogens is 6. The van der Waals surface area contributed by atoms with Crippen LogP contribution in [0.3, 0.4) is 0 Å². The number of nitrogens with zero attached hydrogens (tertiary/aromatic N) is 6. The Bertz CT molecular complexity index is 9920. The summed E-state index contributed by atoms with van der Waals surface area (Å²) in [7, 11) is 0. The fourth-order valence-corrected chi connectivity index (χ4v) is 22.8. The van der Waals surface area contributed by atoms with E-state index in [1.807, 2.05) is 0 Å². The van der Waals surface area contributed by atoms with Crippen LogP contribution in [0, 0.1) is 0 Å². The second kappa shape index (κ2) is 28.4. The monoisotopic (exact) mass is 1690 g/mol. The minimum atomic E-state index is 0.858. The summed E-state index contributed by atoms with van der Waals surface area (Å²) in [4.78, 5) is 0. The normalized spacial score (nSPS) is 12.2. The molecule has 0 unspecified atom stereocenters. The van der Waals surface area contributed by atoms with Gasteiger partial charge >= 0.3 is 0 Å². The van der Waals surface area contributed by atoms with E-state index >= 15 is 0 Å². The van der Waals surface area contributed by atoms with Gasteiger partial charge < -0.3 is 31.7 Å². The van der Waals surface area contributed by atoms with E-state index in [2.05, 4.69) is 488 Å². The Morgan fingerprint density at radius 1 is 0.150 bits per heavy atom. The molecule has 0 aliphatic carbocycles. The van der Waals surface area contributed by atoms with Gasteiger partial charge in [0.2, 0.25) is 0 Å². The van der Waals surface area contributed by atoms with Crippen molar-refractivity contribution in [3.63, 3.8) is 0 Å². The fraction of sp³-hybridized carbons (Fsp3) is 0. The maximum atomic E-state index is 6.97. The second-order valence-corrected chi connectivity index (χ2v) is 35.8. The molecule has 0 radical (unpaired) electrons. The van der Waals surface area contributed by atoms with Crippen molar-refractivity contribution in [2.75, 3.05) is 0 Å². The number of para-hydroxylation sites is 8. The maximum absolute atomic E-state index is 6.97. The lowest BCUT2D eigenvalue weighted by Crippen LogP contribution is -1.95. The van der Waals surface area contributed by atoms with Crippen LogP contribution >= 0.6 is 0 Å². The third kappa shape index (κ3) is 10.9. The molecule has 0 saturated heterocycles. The second-order valence-electron chi connectivity index (χ2n) is 35.8. The standard InChI is InChI=1S/C126H76N6O/c1-2-24-77(25-3-1)81-26-20-28-89(68-81)128-113-44-16-10-36-99(113)105-72-84(58-65-119(105)128)87-74-108-100-37-11-18-46-115(100)132-120-66-59-86(73-106(120)109(75-87)125(108)132)93-31-5-4-30-92(93)85-27-21-29-90(69-85)129-114-45-17-9-35-98(114)104-71-83(57-64-118(104)129)82-56-63-117-103(70-82)97-34-8-15-43-112(97)127(117)88-60-54-79(55-61-88)78-50-52-80(53-51-78)94-39-22-48-121-124(94)102-38-12-19-47-116(102)131(121)122-49-23-40-101-107-76-91(62-67-123(107)133-126(101)122)130-110-41-13-6-32-95(110)96-33-7-14-42-111(96)130/h1-76H. The zero-order valence-electron chi connectivity index (χ0n) is 72.0. The summed E-state index contributed by atoms with van der Waals surface area (Å²) in [5.74, 6) is 0. The molecule has 0 bridgehead atoms. The van der Waals surface area contributed by atoms with E-state index < -0.39 is 0 Å². The molecule has 0 fully saturated rings. The average Bonchev–Trinajstić information content (AvgIpc) is 1.53. The van der Waals surface area contributed by atoms with E-state index in [0.717, 1.165) is 100 Å². The minimum absolute atomic E-state index is 0.858. The summed E-state index contributed by atoms with van der Waals surface area (Å²) < 4.78 is 21.6. The van der Waals surface area contributed by atoms with Crippen molar-refractivity contribution in [2.24, 2.45) is 0 Å². The Hall–Kier alpha value is -17.8. The van der Waals surface area contributed by atoms with E-state index in [0.29, 0.717) is 0 Å². The lowest BCUT2D eigenvalue weighted by Gasteiger charge is -2.14. The van der Waals surface area contributed by atoms with Gasteiger partial charge in [-0.25, -0.2) is 0 Å². The summed E-state index contributed by atoms with van der Waals surface area (Å²) in [5, 5.41) is 19.4. The van der Waals surface area contributed by atoms with Gasteiger partial charge in [-0.15, -0.1) is 0 Å². The average molecular weight is 1690 g/mol. The molecule has 7 heteroatoms. The Labute approximate surface area is 762 Å². The number of hydrogen-bond acceptors (Lipinski definition) is 1. The molecule has 0 N–H and O–H groups in total. The van der Waals surface area contributed by atoms with Crippen molar-refractivity contribution < 1.29 is 4.42 Å². The highest BCUT2D eigenvalue weighted by atomic mass is 16.3. The van der Waals surface area contributed by atoms with Crippen molar-refractivity contribution >= 4 is 169 Å². The van der Waals surface area contributed by atoms with E-state index in [-0.39, 0.29) is 0 Å². The molecule has 8 aromatic heterocycles. The Balaban J connectivity index is 0.468. The molecular weight excluding hydrogens is 1610 g/mol. The van der Waals surface area contributed by atoms with Gasteiger partial charge in [0, 0.05) is 109 Å². The van der Waals surface area contributed by atoms with Crippen LogP contribution in [0.1, 0.15) is 0 Å². The summed E-state index contributed by atoms with van der Waals surface area (Å²) in [6, 6.07) is 171. The predicted molar refractivity (Wildman–Crippen MR) is 558 cm³/mol. The molecule has 0 aliphatic heterocycles. The highest BCUT2D eigenvalue weighted by molar-refractivity contribution is 6.26. The summed E-state index contributed by atoms with van der Waals surface area (Å²) in [6.07, 6.45) is 0. The Morgan fingerprint density at radius 3 is 1.05 bits per heavy atom. The summed E-state index contributed by atoms with van der Waals surface area (Å²) in [6.45, 7) is 0. The topological polar surface area (TPSA) is 42.2 Å². The molecule has 8 heterocycles. The molecule has 0 spiro atoms. The molecule has 0 atom stereocenters. The maximum Gasteiger partial charge on any atom is 0.159 e. The van der Waals surface area contributed by atoms with Gasteiger partial charge in [0.15, 0.2) is 5.58 Å². The molecular formula is C126H76N6O. The molecule has 21 aromatic carbocycles. The largest absolute Gasteiger partial charge is 0.454 e. The van der Waals surface area contributed by atoms with Gasteiger partial charge in [-0.3, -0.25) is 0 Å². The lowest BCUT2D eigenvalue weighted by molar-refractivity contribution is 0.666. The van der Waals surface area contributed by atoms with E-state index in [1.54, 1.807) is 0 Å². The quantitative estimate of drug-likeness (QED) is 0.120. The number of fused-ring (bicyclic) bond motifs is 24.